The molecule has 3 heteroatoms. The molecule has 1 fully saturated rings. The zero-order valence-electron chi connectivity index (χ0n) is 14.4. The first-order valence-electron chi connectivity index (χ1n) is 8.91. The topological polar surface area (TPSA) is 32.3 Å². The second-order valence-electron chi connectivity index (χ2n) is 6.66. The molecule has 2 aromatic carbocycles. The number of carbonyl (C=O) groups excluding carboxylic acids is 1. The molecule has 0 unspecified atom stereocenters. The molecule has 1 saturated heterocycles. The summed E-state index contributed by atoms with van der Waals surface area (Å²) in [6.45, 7) is 4.33. The highest BCUT2D eigenvalue weighted by Crippen LogP contribution is 2.21. The van der Waals surface area contributed by atoms with Gasteiger partial charge in [0, 0.05) is 24.5 Å². The molecule has 3 rings (SSSR count). The van der Waals surface area contributed by atoms with Gasteiger partial charge in [-0.15, -0.1) is 0 Å². The summed E-state index contributed by atoms with van der Waals surface area (Å²) in [7, 11) is 0. The van der Waals surface area contributed by atoms with Crippen molar-refractivity contribution in [3.63, 3.8) is 0 Å². The summed E-state index contributed by atoms with van der Waals surface area (Å²) in [6.07, 6.45) is 5.63. The zero-order chi connectivity index (χ0) is 16.8. The number of aryl methyl sites for hydroxylation is 1. The normalized spacial score (nSPS) is 15.0. The molecule has 1 N–H and O–H groups in total. The Labute approximate surface area is 144 Å². The molecule has 0 atom stereocenters. The Morgan fingerprint density at radius 2 is 1.54 bits per heavy atom. The van der Waals surface area contributed by atoms with Crippen molar-refractivity contribution in [3.05, 3.63) is 59.7 Å². The van der Waals surface area contributed by atoms with E-state index >= 15 is 0 Å². The monoisotopic (exact) mass is 322 g/mol. The van der Waals surface area contributed by atoms with Crippen LogP contribution in [0.15, 0.2) is 48.5 Å². The fourth-order valence-electron chi connectivity index (χ4n) is 3.18. The van der Waals surface area contributed by atoms with Crippen molar-refractivity contribution in [3.8, 4) is 0 Å². The quantitative estimate of drug-likeness (QED) is 0.895. The predicted molar refractivity (Wildman–Crippen MR) is 101 cm³/mol. The summed E-state index contributed by atoms with van der Waals surface area (Å²) in [6, 6.07) is 16.4. The molecule has 24 heavy (non-hydrogen) atoms. The Balaban J connectivity index is 1.57. The minimum atomic E-state index is 0.0291. The smallest absolute Gasteiger partial charge is 0.228 e. The third kappa shape index (κ3) is 4.60. The average Bonchev–Trinajstić information content (AvgIpc) is 2.87. The summed E-state index contributed by atoms with van der Waals surface area (Å²) in [5.41, 5.74) is 4.38. The maximum Gasteiger partial charge on any atom is 0.228 e. The number of rotatable bonds is 4. The van der Waals surface area contributed by atoms with Gasteiger partial charge in [0.2, 0.25) is 5.91 Å². The number of nitrogens with one attached hydrogen (secondary N) is 1. The third-order valence-electron chi connectivity index (χ3n) is 4.61. The molecule has 0 bridgehead atoms. The SMILES string of the molecule is Cc1ccc(CC(=O)Nc2ccc(N3CCCCCC3)cc2)cc1. The molecule has 0 spiro atoms. The van der Waals surface area contributed by atoms with E-state index in [9.17, 15) is 4.79 Å². The van der Waals surface area contributed by atoms with Crippen molar-refractivity contribution in [1.82, 2.24) is 0 Å². The number of hydrogen-bond acceptors (Lipinski definition) is 2. The van der Waals surface area contributed by atoms with Gasteiger partial charge >= 0.3 is 0 Å². The minimum Gasteiger partial charge on any atom is -0.372 e. The molecule has 1 aliphatic heterocycles. The van der Waals surface area contributed by atoms with E-state index in [0.29, 0.717) is 6.42 Å². The summed E-state index contributed by atoms with van der Waals surface area (Å²) >= 11 is 0. The lowest BCUT2D eigenvalue weighted by Gasteiger charge is -2.22. The Morgan fingerprint density at radius 1 is 0.917 bits per heavy atom. The lowest BCUT2D eigenvalue weighted by Crippen LogP contribution is -2.23. The largest absolute Gasteiger partial charge is 0.372 e. The van der Waals surface area contributed by atoms with Crippen LogP contribution in [0.25, 0.3) is 0 Å². The van der Waals surface area contributed by atoms with Crippen molar-refractivity contribution < 1.29 is 4.79 Å². The van der Waals surface area contributed by atoms with Gasteiger partial charge in [0.15, 0.2) is 0 Å². The van der Waals surface area contributed by atoms with Crippen LogP contribution in [-0.4, -0.2) is 19.0 Å². The standard InChI is InChI=1S/C21H26N2O/c1-17-6-8-18(9-7-17)16-21(24)22-19-10-12-20(13-11-19)23-14-4-2-3-5-15-23/h6-13H,2-5,14-16H2,1H3,(H,22,24). The second-order valence-corrected chi connectivity index (χ2v) is 6.66. The van der Waals surface area contributed by atoms with E-state index in [2.05, 4.69) is 29.3 Å². The lowest BCUT2D eigenvalue weighted by molar-refractivity contribution is -0.115. The summed E-state index contributed by atoms with van der Waals surface area (Å²) in [5.74, 6) is 0.0291. The molecule has 1 heterocycles. The number of nitrogens with zero attached hydrogens (tertiary/aromatic N) is 1. The fraction of sp³-hybridized carbons (Fsp3) is 0.381. The van der Waals surface area contributed by atoms with Crippen molar-refractivity contribution in [2.24, 2.45) is 0 Å². The second kappa shape index (κ2) is 8.00. The van der Waals surface area contributed by atoms with Crippen LogP contribution in [0.4, 0.5) is 11.4 Å². The van der Waals surface area contributed by atoms with Gasteiger partial charge in [-0.25, -0.2) is 0 Å². The van der Waals surface area contributed by atoms with Gasteiger partial charge in [-0.3, -0.25) is 4.79 Å². The van der Waals surface area contributed by atoms with Crippen LogP contribution in [0, 0.1) is 6.92 Å². The molecule has 0 saturated carbocycles. The Kier molecular flexibility index (Phi) is 5.52. The molecule has 0 aromatic heterocycles. The van der Waals surface area contributed by atoms with Crippen molar-refractivity contribution in [1.29, 1.82) is 0 Å². The Morgan fingerprint density at radius 3 is 2.17 bits per heavy atom. The number of carbonyl (C=O) groups is 1. The van der Waals surface area contributed by atoms with E-state index in [1.165, 1.54) is 36.9 Å². The average molecular weight is 322 g/mol. The van der Waals surface area contributed by atoms with E-state index in [1.807, 2.05) is 36.4 Å². The van der Waals surface area contributed by atoms with Crippen LogP contribution in [0.3, 0.4) is 0 Å². The maximum atomic E-state index is 12.2. The van der Waals surface area contributed by atoms with Gasteiger partial charge in [0.05, 0.1) is 6.42 Å². The lowest BCUT2D eigenvalue weighted by atomic mass is 10.1. The highest BCUT2D eigenvalue weighted by molar-refractivity contribution is 5.92. The van der Waals surface area contributed by atoms with Gasteiger partial charge in [-0.2, -0.15) is 0 Å². The van der Waals surface area contributed by atoms with Crippen LogP contribution in [0.5, 0.6) is 0 Å². The van der Waals surface area contributed by atoms with E-state index in [1.54, 1.807) is 0 Å². The van der Waals surface area contributed by atoms with E-state index in [4.69, 9.17) is 0 Å². The van der Waals surface area contributed by atoms with Gasteiger partial charge in [-0.1, -0.05) is 42.7 Å². The summed E-state index contributed by atoms with van der Waals surface area (Å²) < 4.78 is 0. The molecule has 1 amide bonds. The molecular weight excluding hydrogens is 296 g/mol. The van der Waals surface area contributed by atoms with Crippen molar-refractivity contribution in [2.45, 2.75) is 39.0 Å². The Hall–Kier alpha value is -2.29. The molecule has 2 aromatic rings. The molecule has 1 aliphatic rings. The van der Waals surface area contributed by atoms with Crippen LogP contribution in [0.2, 0.25) is 0 Å². The molecule has 3 nitrogen and oxygen atoms in total. The minimum absolute atomic E-state index is 0.0291. The molecule has 0 aliphatic carbocycles. The van der Waals surface area contributed by atoms with Crippen LogP contribution in [-0.2, 0) is 11.2 Å². The summed E-state index contributed by atoms with van der Waals surface area (Å²) in [5, 5.41) is 2.99. The highest BCUT2D eigenvalue weighted by atomic mass is 16.1. The first-order chi connectivity index (χ1) is 11.7. The number of amides is 1. The van der Waals surface area contributed by atoms with Crippen molar-refractivity contribution in [2.75, 3.05) is 23.3 Å². The first kappa shape index (κ1) is 16.6. The highest BCUT2D eigenvalue weighted by Gasteiger charge is 2.10. The van der Waals surface area contributed by atoms with Gasteiger partial charge in [-0.05, 0) is 49.6 Å². The van der Waals surface area contributed by atoms with Crippen LogP contribution >= 0.6 is 0 Å². The third-order valence-corrected chi connectivity index (χ3v) is 4.61. The predicted octanol–water partition coefficient (Wildman–Crippen LogP) is 4.56. The molecule has 0 radical (unpaired) electrons. The number of benzene rings is 2. The number of hydrogen-bond donors (Lipinski definition) is 1. The first-order valence-corrected chi connectivity index (χ1v) is 8.91. The maximum absolute atomic E-state index is 12.2. The zero-order valence-corrected chi connectivity index (χ0v) is 14.4. The van der Waals surface area contributed by atoms with Crippen LogP contribution in [0.1, 0.15) is 36.8 Å². The van der Waals surface area contributed by atoms with Gasteiger partial charge in [0.25, 0.3) is 0 Å². The van der Waals surface area contributed by atoms with E-state index in [0.717, 1.165) is 24.3 Å². The van der Waals surface area contributed by atoms with E-state index < -0.39 is 0 Å². The van der Waals surface area contributed by atoms with Crippen LogP contribution < -0.4 is 10.2 Å². The van der Waals surface area contributed by atoms with Gasteiger partial charge < -0.3 is 10.2 Å². The molecular formula is C21H26N2O. The number of anilines is 2. The molecule has 126 valence electrons. The Bertz CT molecular complexity index is 653. The van der Waals surface area contributed by atoms with Gasteiger partial charge in [0.1, 0.15) is 0 Å². The fourth-order valence-corrected chi connectivity index (χ4v) is 3.18. The van der Waals surface area contributed by atoms with Crippen molar-refractivity contribution >= 4 is 17.3 Å². The summed E-state index contributed by atoms with van der Waals surface area (Å²) in [4.78, 5) is 14.6. The van der Waals surface area contributed by atoms with E-state index in [-0.39, 0.29) is 5.91 Å².